The molecule has 2 aliphatic heterocycles. The van der Waals surface area contributed by atoms with Crippen molar-refractivity contribution in [2.24, 2.45) is 5.92 Å². The SMILES string of the molecule is CN1CCSc2cc(-c3ccco3)c(Sc3nc4c(N)ncnc4n3CCC3CCN(C=O)CC3)cc21. The number of carbonyl (C=O) groups is 1. The minimum absolute atomic E-state index is 0.387. The van der Waals surface area contributed by atoms with Crippen molar-refractivity contribution < 1.29 is 9.21 Å². The molecule has 3 aromatic heterocycles. The Labute approximate surface area is 223 Å². The third-order valence-corrected chi connectivity index (χ3v) is 9.31. The number of aromatic nitrogens is 4. The van der Waals surface area contributed by atoms with Crippen LogP contribution in [0.2, 0.25) is 0 Å². The number of nitrogen functional groups attached to an aromatic ring is 1. The van der Waals surface area contributed by atoms with Gasteiger partial charge in [-0.3, -0.25) is 4.79 Å². The molecule has 1 aromatic carbocycles. The number of amides is 1. The summed E-state index contributed by atoms with van der Waals surface area (Å²) in [5.74, 6) is 2.84. The summed E-state index contributed by atoms with van der Waals surface area (Å²) in [4.78, 5) is 31.3. The Morgan fingerprint density at radius 1 is 1.24 bits per heavy atom. The molecule has 0 atom stereocenters. The monoisotopic (exact) mass is 535 g/mol. The second-order valence-corrected chi connectivity index (χ2v) is 11.7. The molecular weight excluding hydrogens is 506 g/mol. The molecule has 6 rings (SSSR count). The number of nitrogens with two attached hydrogens (primary N) is 1. The molecular formula is C26H29N7O2S2. The first-order valence-electron chi connectivity index (χ1n) is 12.5. The number of hydrogen-bond acceptors (Lipinski definition) is 9. The third kappa shape index (κ3) is 4.77. The fourth-order valence-corrected chi connectivity index (χ4v) is 7.27. The predicted octanol–water partition coefficient (Wildman–Crippen LogP) is 4.62. The van der Waals surface area contributed by atoms with Gasteiger partial charge in [-0.25, -0.2) is 15.0 Å². The fraction of sp³-hybridized carbons (Fsp3) is 0.385. The van der Waals surface area contributed by atoms with Crippen LogP contribution in [-0.2, 0) is 11.3 Å². The van der Waals surface area contributed by atoms with Gasteiger partial charge >= 0.3 is 0 Å². The van der Waals surface area contributed by atoms with Crippen molar-refractivity contribution in [3.05, 3.63) is 36.9 Å². The molecule has 4 aromatic rings. The van der Waals surface area contributed by atoms with Crippen LogP contribution in [-0.4, -0.2) is 63.3 Å². The largest absolute Gasteiger partial charge is 0.464 e. The molecule has 9 nitrogen and oxygen atoms in total. The van der Waals surface area contributed by atoms with Crippen LogP contribution in [0.4, 0.5) is 11.5 Å². The Hall–Kier alpha value is -3.18. The maximum atomic E-state index is 11.1. The van der Waals surface area contributed by atoms with E-state index in [1.54, 1.807) is 18.0 Å². The lowest BCUT2D eigenvalue weighted by molar-refractivity contribution is -0.119. The smallest absolute Gasteiger partial charge is 0.209 e. The lowest BCUT2D eigenvalue weighted by Gasteiger charge is -2.29. The second-order valence-electron chi connectivity index (χ2n) is 9.52. The van der Waals surface area contributed by atoms with Crippen molar-refractivity contribution in [3.63, 3.8) is 0 Å². The Bertz CT molecular complexity index is 1410. The van der Waals surface area contributed by atoms with Crippen molar-refractivity contribution in [2.45, 2.75) is 40.8 Å². The molecule has 0 aliphatic carbocycles. The summed E-state index contributed by atoms with van der Waals surface area (Å²) in [7, 11) is 2.14. The number of furan rings is 1. The average molecular weight is 536 g/mol. The molecule has 2 aliphatic rings. The molecule has 0 saturated carbocycles. The third-order valence-electron chi connectivity index (χ3n) is 7.23. The number of nitrogens with zero attached hydrogens (tertiary/aromatic N) is 6. The Balaban J connectivity index is 1.37. The van der Waals surface area contributed by atoms with Crippen molar-refractivity contribution in [1.29, 1.82) is 0 Å². The van der Waals surface area contributed by atoms with Crippen LogP contribution in [0.3, 0.4) is 0 Å². The van der Waals surface area contributed by atoms with Gasteiger partial charge in [0.1, 0.15) is 12.1 Å². The van der Waals surface area contributed by atoms with Crippen LogP contribution < -0.4 is 10.6 Å². The molecule has 11 heteroatoms. The molecule has 37 heavy (non-hydrogen) atoms. The first-order chi connectivity index (χ1) is 18.1. The number of fused-ring (bicyclic) bond motifs is 2. The highest BCUT2D eigenvalue weighted by Gasteiger charge is 2.24. The summed E-state index contributed by atoms with van der Waals surface area (Å²) in [5, 5.41) is 0.839. The van der Waals surface area contributed by atoms with E-state index < -0.39 is 0 Å². The number of aryl methyl sites for hydroxylation is 1. The van der Waals surface area contributed by atoms with Gasteiger partial charge in [-0.05, 0) is 49.4 Å². The maximum absolute atomic E-state index is 11.1. The Morgan fingerprint density at radius 2 is 2.11 bits per heavy atom. The molecule has 0 unspecified atom stereocenters. The standard InChI is InChI=1S/C26H29N7O2S2/c1-31-10-12-36-22-13-18(20-3-2-11-35-20)21(14-19(22)31)37-26-30-23-24(27)28-15-29-25(23)33(26)9-6-17-4-7-32(16-34)8-5-17/h2-3,11,13-17H,4-10,12H2,1H3,(H2,27,28,29). The molecule has 1 saturated heterocycles. The summed E-state index contributed by atoms with van der Waals surface area (Å²) >= 11 is 3.50. The lowest BCUT2D eigenvalue weighted by Crippen LogP contribution is -2.32. The number of piperidine rings is 1. The number of carbonyl (C=O) groups excluding carboxylic acids is 1. The normalized spacial score (nSPS) is 16.4. The maximum Gasteiger partial charge on any atom is 0.209 e. The minimum Gasteiger partial charge on any atom is -0.464 e. The van der Waals surface area contributed by atoms with Gasteiger partial charge in [0.05, 0.1) is 12.0 Å². The van der Waals surface area contributed by atoms with E-state index in [9.17, 15) is 4.79 Å². The Kier molecular flexibility index (Phi) is 6.72. The molecule has 5 heterocycles. The molecule has 1 amide bonds. The van der Waals surface area contributed by atoms with Gasteiger partial charge in [-0.15, -0.1) is 11.8 Å². The summed E-state index contributed by atoms with van der Waals surface area (Å²) < 4.78 is 8.01. The van der Waals surface area contributed by atoms with Crippen LogP contribution in [0.5, 0.6) is 0 Å². The predicted molar refractivity (Wildman–Crippen MR) is 147 cm³/mol. The molecule has 0 spiro atoms. The summed E-state index contributed by atoms with van der Waals surface area (Å²) in [6.07, 6.45) is 7.20. The molecule has 1 fully saturated rings. The number of anilines is 2. The van der Waals surface area contributed by atoms with Crippen LogP contribution in [0, 0.1) is 5.92 Å². The number of hydrogen-bond donors (Lipinski definition) is 1. The highest BCUT2D eigenvalue weighted by molar-refractivity contribution is 8.00. The lowest BCUT2D eigenvalue weighted by atomic mass is 9.94. The van der Waals surface area contributed by atoms with Gasteiger partial charge in [0.2, 0.25) is 6.41 Å². The van der Waals surface area contributed by atoms with Crippen molar-refractivity contribution >= 4 is 52.6 Å². The van der Waals surface area contributed by atoms with E-state index in [4.69, 9.17) is 15.1 Å². The fourth-order valence-electron chi connectivity index (χ4n) is 5.06. The van der Waals surface area contributed by atoms with Crippen molar-refractivity contribution in [1.82, 2.24) is 24.4 Å². The van der Waals surface area contributed by atoms with E-state index in [0.29, 0.717) is 17.3 Å². The van der Waals surface area contributed by atoms with Gasteiger partial charge in [-0.1, -0.05) is 11.8 Å². The minimum atomic E-state index is 0.387. The molecule has 0 bridgehead atoms. The van der Waals surface area contributed by atoms with Gasteiger partial charge in [0.25, 0.3) is 0 Å². The van der Waals surface area contributed by atoms with Gasteiger partial charge in [-0.2, -0.15) is 0 Å². The van der Waals surface area contributed by atoms with E-state index in [2.05, 4.69) is 38.6 Å². The van der Waals surface area contributed by atoms with Gasteiger partial charge < -0.3 is 24.5 Å². The zero-order valence-electron chi connectivity index (χ0n) is 20.7. The van der Waals surface area contributed by atoms with E-state index in [0.717, 1.165) is 84.6 Å². The first-order valence-corrected chi connectivity index (χ1v) is 14.3. The van der Waals surface area contributed by atoms with Gasteiger partial charge in [0, 0.05) is 54.3 Å². The van der Waals surface area contributed by atoms with E-state index in [-0.39, 0.29) is 0 Å². The summed E-state index contributed by atoms with van der Waals surface area (Å²) in [6, 6.07) is 8.40. The van der Waals surface area contributed by atoms with Gasteiger partial charge in [0.15, 0.2) is 22.1 Å². The Morgan fingerprint density at radius 3 is 2.89 bits per heavy atom. The van der Waals surface area contributed by atoms with Crippen LogP contribution in [0.1, 0.15) is 19.3 Å². The quantitative estimate of drug-likeness (QED) is 0.339. The molecule has 2 N–H and O–H groups in total. The number of likely N-dealkylation sites (tertiary alicyclic amines) is 1. The average Bonchev–Trinajstić information content (AvgIpc) is 3.57. The van der Waals surface area contributed by atoms with E-state index in [1.165, 1.54) is 16.9 Å². The summed E-state index contributed by atoms with van der Waals surface area (Å²) in [6.45, 7) is 3.43. The number of benzene rings is 1. The number of thioether (sulfide) groups is 1. The summed E-state index contributed by atoms with van der Waals surface area (Å²) in [5.41, 5.74) is 9.88. The first kappa shape index (κ1) is 24.2. The van der Waals surface area contributed by atoms with Crippen molar-refractivity contribution in [2.75, 3.05) is 43.1 Å². The highest BCUT2D eigenvalue weighted by Crippen LogP contribution is 2.45. The highest BCUT2D eigenvalue weighted by atomic mass is 32.2. The topological polar surface area (TPSA) is 106 Å². The number of imidazole rings is 1. The zero-order valence-corrected chi connectivity index (χ0v) is 22.3. The van der Waals surface area contributed by atoms with Crippen LogP contribution in [0.25, 0.3) is 22.5 Å². The zero-order chi connectivity index (χ0) is 25.4. The van der Waals surface area contributed by atoms with Crippen LogP contribution >= 0.6 is 23.5 Å². The second kappa shape index (κ2) is 10.3. The molecule has 192 valence electrons. The van der Waals surface area contributed by atoms with Crippen LogP contribution in [0.15, 0.2) is 56.2 Å². The van der Waals surface area contributed by atoms with E-state index in [1.807, 2.05) is 28.8 Å². The van der Waals surface area contributed by atoms with E-state index >= 15 is 0 Å². The van der Waals surface area contributed by atoms with Crippen molar-refractivity contribution in [3.8, 4) is 11.3 Å². The number of rotatable bonds is 7. The molecule has 0 radical (unpaired) electrons.